The number of rotatable bonds is 16. The van der Waals surface area contributed by atoms with Gasteiger partial charge in [-0.05, 0) is 152 Å². The molecule has 284 valence electrons. The molecule has 2 aromatic carbocycles. The molecule has 0 radical (unpaired) electrons. The Labute approximate surface area is 315 Å². The lowest BCUT2D eigenvalue weighted by molar-refractivity contribution is -0.141. The smallest absolute Gasteiger partial charge is 0.323 e. The topological polar surface area (TPSA) is 210 Å². The lowest BCUT2D eigenvalue weighted by Gasteiger charge is -2.18. The van der Waals surface area contributed by atoms with Crippen LogP contribution in [0.1, 0.15) is 95.6 Å². The van der Waals surface area contributed by atoms with Crippen molar-refractivity contribution in [2.24, 2.45) is 17.4 Å². The van der Waals surface area contributed by atoms with Crippen LogP contribution in [0.3, 0.4) is 0 Å². The number of carbonyl (C=O) groups excluding carboxylic acids is 2. The highest BCUT2D eigenvalue weighted by Crippen LogP contribution is 2.44. The molecule has 0 spiro atoms. The van der Waals surface area contributed by atoms with E-state index in [0.29, 0.717) is 56.3 Å². The number of allylic oxidation sites excluding steroid dienone is 1. The Kier molecular flexibility index (Phi) is 11.3. The van der Waals surface area contributed by atoms with Crippen molar-refractivity contribution in [3.05, 3.63) is 106 Å². The summed E-state index contributed by atoms with van der Waals surface area (Å²) in [6.45, 7) is 5.01. The fourth-order valence-electron chi connectivity index (χ4n) is 7.13. The maximum atomic E-state index is 13.6. The molecule has 4 aliphatic carbocycles. The van der Waals surface area contributed by atoms with E-state index in [-0.39, 0.29) is 12.3 Å². The van der Waals surface area contributed by atoms with E-state index in [1.807, 2.05) is 25.1 Å². The molecule has 3 aromatic rings. The predicted octanol–water partition coefficient (Wildman–Crippen LogP) is 5.23. The van der Waals surface area contributed by atoms with E-state index in [9.17, 15) is 24.6 Å². The number of carboxylic acid groups (broad SMARTS) is 2. The van der Waals surface area contributed by atoms with Crippen LogP contribution in [0.2, 0.25) is 0 Å². The SMILES string of the molecule is Cc1c(C/C=C(\C(=C/N)CNC2(C(=O)O)CC2)C2CC2)cccc1-c1cccc(NC(=O)c2cc(C3CC3)c(CNC3(C(=O)O)CC3)cn2)c1C.NC=O. The number of pyridine rings is 1. The Morgan fingerprint density at radius 3 is 2.06 bits per heavy atom. The number of nitrogens with two attached hydrogens (primary N) is 2. The summed E-state index contributed by atoms with van der Waals surface area (Å²) in [5.74, 6) is -1.08. The molecule has 54 heavy (non-hydrogen) atoms. The number of primary amides is 1. The van der Waals surface area contributed by atoms with Gasteiger partial charge in [0.1, 0.15) is 16.8 Å². The lowest BCUT2D eigenvalue weighted by atomic mass is 9.91. The predicted molar refractivity (Wildman–Crippen MR) is 207 cm³/mol. The standard InChI is InChI=1S/C41H47N5O5.CH3NO/c1-24-26(13-14-33(27-9-10-27)29(20-42)22-44-40(15-16-40)38(48)49)5-3-6-31(24)32-7-4-8-35(25(32)2)46-37(47)36-19-34(28-11-12-28)30(21-43-36)23-45-41(17-18-41)39(50)51;2-1-3/h3-8,14,19-21,27-28,44-45H,9-13,15-18,22-23,42H2,1-2H3,(H,46,47)(H,48,49)(H,50,51);1H,(H2,2,3)/b29-20-,33-14-;. The van der Waals surface area contributed by atoms with Gasteiger partial charge < -0.3 is 27.0 Å². The highest BCUT2D eigenvalue weighted by Gasteiger charge is 2.51. The van der Waals surface area contributed by atoms with Crippen LogP contribution in [-0.2, 0) is 27.3 Å². The van der Waals surface area contributed by atoms with Crippen LogP contribution in [0.15, 0.2) is 72.1 Å². The monoisotopic (exact) mass is 734 g/mol. The van der Waals surface area contributed by atoms with Gasteiger partial charge in [0.2, 0.25) is 6.41 Å². The molecule has 4 aliphatic rings. The van der Waals surface area contributed by atoms with Crippen molar-refractivity contribution in [2.45, 2.75) is 95.2 Å². The minimum atomic E-state index is -0.833. The molecule has 0 unspecified atom stereocenters. The summed E-state index contributed by atoms with van der Waals surface area (Å²) in [5, 5.41) is 28.7. The lowest BCUT2D eigenvalue weighted by Crippen LogP contribution is -2.40. The number of aromatic nitrogens is 1. The Morgan fingerprint density at radius 1 is 0.870 bits per heavy atom. The van der Waals surface area contributed by atoms with Crippen LogP contribution in [0.25, 0.3) is 11.1 Å². The van der Waals surface area contributed by atoms with Crippen LogP contribution >= 0.6 is 0 Å². The van der Waals surface area contributed by atoms with Gasteiger partial charge in [0.05, 0.1) is 0 Å². The molecule has 1 aromatic heterocycles. The Balaban J connectivity index is 0.00000160. The third-order valence-corrected chi connectivity index (χ3v) is 11.3. The first kappa shape index (κ1) is 38.4. The molecule has 7 rings (SSSR count). The maximum absolute atomic E-state index is 13.6. The fraction of sp³-hybridized carbons (Fsp3) is 0.405. The van der Waals surface area contributed by atoms with Crippen LogP contribution in [0.4, 0.5) is 5.69 Å². The van der Waals surface area contributed by atoms with Crippen LogP contribution in [0.5, 0.6) is 0 Å². The number of benzene rings is 2. The summed E-state index contributed by atoms with van der Waals surface area (Å²) in [6, 6.07) is 14.1. The quantitative estimate of drug-likeness (QED) is 0.0753. The van der Waals surface area contributed by atoms with Crippen LogP contribution in [-0.4, -0.2) is 57.1 Å². The summed E-state index contributed by atoms with van der Waals surface area (Å²) in [7, 11) is 0. The summed E-state index contributed by atoms with van der Waals surface area (Å²) >= 11 is 0. The van der Waals surface area contributed by atoms with Gasteiger partial charge in [0, 0.05) is 25.0 Å². The molecule has 4 saturated carbocycles. The van der Waals surface area contributed by atoms with Crippen molar-refractivity contribution >= 4 is 29.9 Å². The number of carbonyl (C=O) groups is 4. The zero-order valence-electron chi connectivity index (χ0n) is 30.9. The van der Waals surface area contributed by atoms with Gasteiger partial charge in [-0.1, -0.05) is 36.4 Å². The van der Waals surface area contributed by atoms with E-state index >= 15 is 0 Å². The fourth-order valence-corrected chi connectivity index (χ4v) is 7.13. The molecular formula is C42H50N6O6. The van der Waals surface area contributed by atoms with E-state index in [2.05, 4.69) is 63.9 Å². The minimum Gasteiger partial charge on any atom is -0.480 e. The van der Waals surface area contributed by atoms with Crippen LogP contribution in [0, 0.1) is 19.8 Å². The Morgan fingerprint density at radius 2 is 1.48 bits per heavy atom. The normalized spacial score (nSPS) is 18.2. The molecular weight excluding hydrogens is 684 g/mol. The molecule has 0 aliphatic heterocycles. The average molecular weight is 735 g/mol. The zero-order valence-corrected chi connectivity index (χ0v) is 30.9. The highest BCUT2D eigenvalue weighted by molar-refractivity contribution is 6.04. The molecule has 9 N–H and O–H groups in total. The molecule has 0 saturated heterocycles. The molecule has 4 fully saturated rings. The largest absolute Gasteiger partial charge is 0.480 e. The summed E-state index contributed by atoms with van der Waals surface area (Å²) in [4.78, 5) is 50.0. The first-order valence-corrected chi connectivity index (χ1v) is 18.7. The summed E-state index contributed by atoms with van der Waals surface area (Å²) < 4.78 is 0. The van der Waals surface area contributed by atoms with E-state index in [1.165, 1.54) is 11.1 Å². The zero-order chi connectivity index (χ0) is 38.6. The van der Waals surface area contributed by atoms with E-state index < -0.39 is 23.0 Å². The maximum Gasteiger partial charge on any atom is 0.323 e. The first-order valence-electron chi connectivity index (χ1n) is 18.7. The van der Waals surface area contributed by atoms with Crippen molar-refractivity contribution in [3.63, 3.8) is 0 Å². The third kappa shape index (κ3) is 8.55. The van der Waals surface area contributed by atoms with Gasteiger partial charge in [0.25, 0.3) is 5.91 Å². The van der Waals surface area contributed by atoms with Gasteiger partial charge in [0.15, 0.2) is 0 Å². The second kappa shape index (κ2) is 16.0. The summed E-state index contributed by atoms with van der Waals surface area (Å²) in [6.07, 6.45) is 13.4. The number of anilines is 1. The number of aliphatic carboxylic acids is 2. The number of nitrogens with one attached hydrogen (secondary N) is 3. The van der Waals surface area contributed by atoms with Gasteiger partial charge in [-0.2, -0.15) is 0 Å². The van der Waals surface area contributed by atoms with Gasteiger partial charge >= 0.3 is 11.9 Å². The molecule has 12 nitrogen and oxygen atoms in total. The van der Waals surface area contributed by atoms with Crippen molar-refractivity contribution in [1.29, 1.82) is 0 Å². The summed E-state index contributed by atoms with van der Waals surface area (Å²) in [5.41, 5.74) is 19.3. The number of amides is 2. The van der Waals surface area contributed by atoms with Gasteiger partial charge in [-0.15, -0.1) is 0 Å². The molecule has 2 amide bonds. The molecule has 12 heteroatoms. The van der Waals surface area contributed by atoms with Crippen LogP contribution < -0.4 is 27.4 Å². The molecule has 0 bridgehead atoms. The van der Waals surface area contributed by atoms with Crippen molar-refractivity contribution < 1.29 is 29.4 Å². The van der Waals surface area contributed by atoms with E-state index in [1.54, 1.807) is 12.4 Å². The second-order valence-electron chi connectivity index (χ2n) is 15.0. The van der Waals surface area contributed by atoms with Crippen molar-refractivity contribution in [2.75, 3.05) is 11.9 Å². The number of hydrogen-bond acceptors (Lipinski definition) is 8. The van der Waals surface area contributed by atoms with Crippen molar-refractivity contribution in [1.82, 2.24) is 15.6 Å². The second-order valence-corrected chi connectivity index (χ2v) is 15.0. The Bertz CT molecular complexity index is 2010. The van der Waals surface area contributed by atoms with E-state index in [4.69, 9.17) is 10.5 Å². The Hall–Kier alpha value is -5.33. The first-order chi connectivity index (χ1) is 26.0. The highest BCUT2D eigenvalue weighted by atomic mass is 16.4. The number of nitrogens with zero attached hydrogens (tertiary/aromatic N) is 1. The van der Waals surface area contributed by atoms with Gasteiger partial charge in [-0.25, -0.2) is 0 Å². The van der Waals surface area contributed by atoms with Crippen molar-refractivity contribution in [3.8, 4) is 11.1 Å². The molecule has 0 atom stereocenters. The third-order valence-electron chi connectivity index (χ3n) is 11.3. The average Bonchev–Trinajstić information content (AvgIpc) is 3.97. The minimum absolute atomic E-state index is 0.250. The molecule has 1 heterocycles. The van der Waals surface area contributed by atoms with Gasteiger partial charge in [-0.3, -0.25) is 34.8 Å². The number of carboxylic acids is 2. The number of hydrogen-bond donors (Lipinski definition) is 7. The van der Waals surface area contributed by atoms with E-state index in [0.717, 1.165) is 76.7 Å².